The SMILES string of the molecule is CNc1nc(C2CN(C(C)C)CCO2)nc2c1CCC2. The second-order valence-corrected chi connectivity index (χ2v) is 5.91. The van der Waals surface area contributed by atoms with E-state index >= 15 is 0 Å². The molecule has 1 aliphatic carbocycles. The van der Waals surface area contributed by atoms with Crippen molar-refractivity contribution in [3.05, 3.63) is 17.1 Å². The molecule has 5 nitrogen and oxygen atoms in total. The quantitative estimate of drug-likeness (QED) is 0.912. The van der Waals surface area contributed by atoms with Crippen molar-refractivity contribution in [3.63, 3.8) is 0 Å². The number of aromatic nitrogens is 2. The van der Waals surface area contributed by atoms with Crippen LogP contribution in [0.5, 0.6) is 0 Å². The lowest BCUT2D eigenvalue weighted by Crippen LogP contribution is -2.42. The second-order valence-electron chi connectivity index (χ2n) is 5.91. The maximum absolute atomic E-state index is 5.91. The van der Waals surface area contributed by atoms with Gasteiger partial charge >= 0.3 is 0 Å². The first-order valence-electron chi connectivity index (χ1n) is 7.62. The molecule has 2 heterocycles. The summed E-state index contributed by atoms with van der Waals surface area (Å²) in [6, 6.07) is 0.541. The smallest absolute Gasteiger partial charge is 0.161 e. The standard InChI is InChI=1S/C15H24N4O/c1-10(2)19-7-8-20-13(9-19)15-17-12-6-4-5-11(12)14(16-3)18-15/h10,13H,4-9H2,1-3H3,(H,16,17,18). The van der Waals surface area contributed by atoms with Crippen LogP contribution in [0.25, 0.3) is 0 Å². The molecule has 3 rings (SSSR count). The fourth-order valence-electron chi connectivity index (χ4n) is 3.10. The van der Waals surface area contributed by atoms with E-state index < -0.39 is 0 Å². The first-order chi connectivity index (χ1) is 9.69. The molecule has 1 N–H and O–H groups in total. The van der Waals surface area contributed by atoms with Gasteiger partial charge in [0.05, 0.1) is 6.61 Å². The molecule has 1 unspecified atom stereocenters. The Morgan fingerprint density at radius 2 is 2.15 bits per heavy atom. The number of rotatable bonds is 3. The number of anilines is 1. The molecule has 20 heavy (non-hydrogen) atoms. The zero-order chi connectivity index (χ0) is 14.1. The average Bonchev–Trinajstić information content (AvgIpc) is 2.94. The van der Waals surface area contributed by atoms with Crippen LogP contribution in [0.1, 0.15) is 43.5 Å². The lowest BCUT2D eigenvalue weighted by Gasteiger charge is -2.35. The van der Waals surface area contributed by atoms with Crippen LogP contribution >= 0.6 is 0 Å². The number of ether oxygens (including phenoxy) is 1. The maximum atomic E-state index is 5.91. The minimum Gasteiger partial charge on any atom is -0.373 e. The summed E-state index contributed by atoms with van der Waals surface area (Å²) in [7, 11) is 1.94. The summed E-state index contributed by atoms with van der Waals surface area (Å²) >= 11 is 0. The molecule has 1 aromatic rings. The van der Waals surface area contributed by atoms with E-state index in [0.29, 0.717) is 6.04 Å². The summed E-state index contributed by atoms with van der Waals surface area (Å²) < 4.78 is 5.91. The number of hydrogen-bond donors (Lipinski definition) is 1. The second kappa shape index (κ2) is 5.66. The topological polar surface area (TPSA) is 50.3 Å². The van der Waals surface area contributed by atoms with Crippen molar-refractivity contribution >= 4 is 5.82 Å². The van der Waals surface area contributed by atoms with Gasteiger partial charge in [-0.3, -0.25) is 4.90 Å². The first kappa shape index (κ1) is 13.8. The average molecular weight is 276 g/mol. The fourth-order valence-corrected chi connectivity index (χ4v) is 3.10. The number of hydrogen-bond acceptors (Lipinski definition) is 5. The van der Waals surface area contributed by atoms with Gasteiger partial charge in [0.1, 0.15) is 11.9 Å². The van der Waals surface area contributed by atoms with Crippen LogP contribution in [0.4, 0.5) is 5.82 Å². The van der Waals surface area contributed by atoms with Crippen LogP contribution in [0.15, 0.2) is 0 Å². The van der Waals surface area contributed by atoms with E-state index in [0.717, 1.165) is 44.2 Å². The molecule has 1 fully saturated rings. The Kier molecular flexibility index (Phi) is 3.89. The third-order valence-electron chi connectivity index (χ3n) is 4.30. The minimum atomic E-state index is 0.00384. The van der Waals surface area contributed by atoms with Gasteiger partial charge in [-0.1, -0.05) is 0 Å². The van der Waals surface area contributed by atoms with Crippen molar-refractivity contribution < 1.29 is 4.74 Å². The summed E-state index contributed by atoms with van der Waals surface area (Å²) in [5, 5.41) is 3.22. The van der Waals surface area contributed by atoms with E-state index in [9.17, 15) is 0 Å². The van der Waals surface area contributed by atoms with Crippen molar-refractivity contribution in [1.82, 2.24) is 14.9 Å². The number of nitrogens with zero attached hydrogens (tertiary/aromatic N) is 3. The molecule has 0 bridgehead atoms. The molecular formula is C15H24N4O. The minimum absolute atomic E-state index is 0.00384. The van der Waals surface area contributed by atoms with E-state index in [1.165, 1.54) is 17.7 Å². The van der Waals surface area contributed by atoms with Crippen LogP contribution < -0.4 is 5.32 Å². The van der Waals surface area contributed by atoms with Crippen LogP contribution in [0.2, 0.25) is 0 Å². The molecule has 110 valence electrons. The van der Waals surface area contributed by atoms with Gasteiger partial charge in [-0.2, -0.15) is 0 Å². The molecule has 1 atom stereocenters. The Morgan fingerprint density at radius 1 is 1.30 bits per heavy atom. The molecule has 5 heteroatoms. The van der Waals surface area contributed by atoms with Gasteiger partial charge in [-0.05, 0) is 33.1 Å². The van der Waals surface area contributed by atoms with Gasteiger partial charge in [0.25, 0.3) is 0 Å². The number of aryl methyl sites for hydroxylation is 1. The van der Waals surface area contributed by atoms with Crippen molar-refractivity contribution in [2.24, 2.45) is 0 Å². The Morgan fingerprint density at radius 3 is 2.90 bits per heavy atom. The summed E-state index contributed by atoms with van der Waals surface area (Å²) in [6.07, 6.45) is 3.35. The highest BCUT2D eigenvalue weighted by atomic mass is 16.5. The molecule has 0 amide bonds. The monoisotopic (exact) mass is 276 g/mol. The van der Waals surface area contributed by atoms with E-state index in [4.69, 9.17) is 14.7 Å². The highest BCUT2D eigenvalue weighted by Crippen LogP contribution is 2.29. The van der Waals surface area contributed by atoms with Gasteiger partial charge in [0, 0.05) is 37.4 Å². The Balaban J connectivity index is 1.86. The summed E-state index contributed by atoms with van der Waals surface area (Å²) in [5.41, 5.74) is 2.51. The van der Waals surface area contributed by atoms with Crippen LogP contribution in [0.3, 0.4) is 0 Å². The van der Waals surface area contributed by atoms with E-state index in [1.54, 1.807) is 0 Å². The molecule has 1 aromatic heterocycles. The third-order valence-corrected chi connectivity index (χ3v) is 4.30. The molecule has 0 radical (unpaired) electrons. The normalized spacial score (nSPS) is 23.1. The van der Waals surface area contributed by atoms with E-state index in [1.807, 2.05) is 7.05 Å². The van der Waals surface area contributed by atoms with E-state index in [-0.39, 0.29) is 6.10 Å². The maximum Gasteiger partial charge on any atom is 0.161 e. The molecule has 2 aliphatic rings. The summed E-state index contributed by atoms with van der Waals surface area (Å²) in [6.45, 7) is 7.10. The fraction of sp³-hybridized carbons (Fsp3) is 0.733. The number of morpholine rings is 1. The summed E-state index contributed by atoms with van der Waals surface area (Å²) in [5.74, 6) is 1.84. The van der Waals surface area contributed by atoms with Crippen molar-refractivity contribution in [3.8, 4) is 0 Å². The molecular weight excluding hydrogens is 252 g/mol. The lowest BCUT2D eigenvalue weighted by molar-refractivity contribution is -0.0443. The zero-order valence-electron chi connectivity index (χ0n) is 12.6. The lowest BCUT2D eigenvalue weighted by atomic mass is 10.2. The number of fused-ring (bicyclic) bond motifs is 1. The van der Waals surface area contributed by atoms with Crippen LogP contribution in [-0.4, -0.2) is 47.7 Å². The van der Waals surface area contributed by atoms with Gasteiger partial charge in [0.15, 0.2) is 5.82 Å². The molecule has 0 saturated carbocycles. The summed E-state index contributed by atoms with van der Waals surface area (Å²) in [4.78, 5) is 11.9. The molecule has 0 spiro atoms. The van der Waals surface area contributed by atoms with Crippen LogP contribution in [-0.2, 0) is 17.6 Å². The van der Waals surface area contributed by atoms with Gasteiger partial charge < -0.3 is 10.1 Å². The Labute approximate surface area is 120 Å². The van der Waals surface area contributed by atoms with Crippen molar-refractivity contribution in [2.45, 2.75) is 45.3 Å². The largest absolute Gasteiger partial charge is 0.373 e. The van der Waals surface area contributed by atoms with Gasteiger partial charge in [-0.15, -0.1) is 0 Å². The number of nitrogens with one attached hydrogen (secondary N) is 1. The highest BCUT2D eigenvalue weighted by Gasteiger charge is 2.28. The van der Waals surface area contributed by atoms with Gasteiger partial charge in [0.2, 0.25) is 0 Å². The Hall–Kier alpha value is -1.20. The van der Waals surface area contributed by atoms with E-state index in [2.05, 4.69) is 24.1 Å². The zero-order valence-corrected chi connectivity index (χ0v) is 12.6. The predicted molar refractivity (Wildman–Crippen MR) is 79.0 cm³/mol. The van der Waals surface area contributed by atoms with Crippen molar-refractivity contribution in [1.29, 1.82) is 0 Å². The third kappa shape index (κ3) is 2.52. The van der Waals surface area contributed by atoms with Gasteiger partial charge in [-0.25, -0.2) is 9.97 Å². The molecule has 0 aromatic carbocycles. The molecule has 1 saturated heterocycles. The predicted octanol–water partition coefficient (Wildman–Crippen LogP) is 1.79. The Bertz CT molecular complexity index is 489. The highest BCUT2D eigenvalue weighted by molar-refractivity contribution is 5.48. The first-order valence-corrected chi connectivity index (χ1v) is 7.62. The van der Waals surface area contributed by atoms with Crippen molar-refractivity contribution in [2.75, 3.05) is 32.1 Å². The van der Waals surface area contributed by atoms with Crippen LogP contribution in [0, 0.1) is 0 Å². The molecule has 1 aliphatic heterocycles.